The number of esters is 1. The summed E-state index contributed by atoms with van der Waals surface area (Å²) in [4.78, 5) is 24.0. The summed E-state index contributed by atoms with van der Waals surface area (Å²) < 4.78 is 4.49. The van der Waals surface area contributed by atoms with Crippen LogP contribution in [0, 0.1) is 6.92 Å². The maximum atomic E-state index is 11.7. The Hall–Kier alpha value is -2.10. The lowest BCUT2D eigenvalue weighted by Crippen LogP contribution is -2.31. The summed E-state index contributed by atoms with van der Waals surface area (Å²) >= 11 is 0. The van der Waals surface area contributed by atoms with Crippen molar-refractivity contribution >= 4 is 18.0 Å². The minimum Gasteiger partial charge on any atom is -0.468 e. The molecule has 1 aromatic carbocycles. The van der Waals surface area contributed by atoms with E-state index in [2.05, 4.69) is 4.74 Å². The molecule has 0 aliphatic carbocycles. The summed E-state index contributed by atoms with van der Waals surface area (Å²) in [6.07, 6.45) is 3.17. The number of amides is 1. The number of ether oxygens (including phenoxy) is 1. The van der Waals surface area contributed by atoms with Crippen LogP contribution in [0.15, 0.2) is 30.3 Å². The van der Waals surface area contributed by atoms with Crippen molar-refractivity contribution in [2.75, 3.05) is 20.7 Å². The third-order valence-electron chi connectivity index (χ3n) is 2.43. The number of aryl methyl sites for hydroxylation is 1. The number of nitrogens with zero attached hydrogens (tertiary/aromatic N) is 1. The van der Waals surface area contributed by atoms with Gasteiger partial charge in [-0.25, -0.2) is 0 Å². The third kappa shape index (κ3) is 4.41. The third-order valence-corrected chi connectivity index (χ3v) is 2.43. The minimum absolute atomic E-state index is 0.0481. The van der Waals surface area contributed by atoms with Crippen LogP contribution in [0.1, 0.15) is 11.1 Å². The maximum absolute atomic E-state index is 11.7. The van der Waals surface area contributed by atoms with Gasteiger partial charge >= 0.3 is 5.97 Å². The number of likely N-dealkylation sites (N-methyl/N-ethyl adjacent to an activating group) is 1. The van der Waals surface area contributed by atoms with E-state index in [1.165, 1.54) is 18.1 Å². The summed E-state index contributed by atoms with van der Waals surface area (Å²) in [5.41, 5.74) is 2.09. The molecule has 0 saturated heterocycles. The molecule has 0 saturated carbocycles. The molecule has 18 heavy (non-hydrogen) atoms. The summed E-state index contributed by atoms with van der Waals surface area (Å²) in [5, 5.41) is 0. The first-order valence-corrected chi connectivity index (χ1v) is 5.59. The SMILES string of the molecule is COC(=O)CN(C)C(=O)C=Cc1cccc(C)c1. The summed E-state index contributed by atoms with van der Waals surface area (Å²) in [5.74, 6) is -0.670. The first-order chi connectivity index (χ1) is 8.52. The Morgan fingerprint density at radius 1 is 1.39 bits per heavy atom. The van der Waals surface area contributed by atoms with E-state index >= 15 is 0 Å². The van der Waals surface area contributed by atoms with Gasteiger partial charge in [0, 0.05) is 13.1 Å². The Bertz CT molecular complexity index is 466. The Morgan fingerprint density at radius 3 is 2.72 bits per heavy atom. The molecular weight excluding hydrogens is 230 g/mol. The number of rotatable bonds is 4. The fourth-order valence-corrected chi connectivity index (χ4v) is 1.40. The molecule has 0 fully saturated rings. The zero-order valence-corrected chi connectivity index (χ0v) is 10.8. The molecular formula is C14H17NO3. The van der Waals surface area contributed by atoms with Gasteiger partial charge in [-0.05, 0) is 18.6 Å². The quantitative estimate of drug-likeness (QED) is 0.600. The molecule has 0 aromatic heterocycles. The Labute approximate surface area is 107 Å². The highest BCUT2D eigenvalue weighted by atomic mass is 16.5. The smallest absolute Gasteiger partial charge is 0.325 e. The molecule has 0 heterocycles. The molecule has 96 valence electrons. The number of methoxy groups -OCH3 is 1. The molecule has 0 spiro atoms. The zero-order chi connectivity index (χ0) is 13.5. The van der Waals surface area contributed by atoms with Gasteiger partial charge in [0.25, 0.3) is 0 Å². The lowest BCUT2D eigenvalue weighted by Gasteiger charge is -2.12. The summed E-state index contributed by atoms with van der Waals surface area (Å²) in [6, 6.07) is 7.81. The van der Waals surface area contributed by atoms with Crippen LogP contribution in [-0.4, -0.2) is 37.5 Å². The topological polar surface area (TPSA) is 46.6 Å². The Morgan fingerprint density at radius 2 is 2.11 bits per heavy atom. The summed E-state index contributed by atoms with van der Waals surface area (Å²) in [7, 11) is 2.85. The van der Waals surface area contributed by atoms with Crippen LogP contribution < -0.4 is 0 Å². The van der Waals surface area contributed by atoms with Crippen molar-refractivity contribution in [2.24, 2.45) is 0 Å². The highest BCUT2D eigenvalue weighted by molar-refractivity contribution is 5.93. The van der Waals surface area contributed by atoms with Gasteiger partial charge in [0.2, 0.25) is 5.91 Å². The molecule has 0 aliphatic heterocycles. The lowest BCUT2D eigenvalue weighted by molar-refractivity contribution is -0.144. The van der Waals surface area contributed by atoms with Crippen molar-refractivity contribution in [3.63, 3.8) is 0 Å². The second-order valence-electron chi connectivity index (χ2n) is 4.02. The van der Waals surface area contributed by atoms with Crippen LogP contribution in [0.2, 0.25) is 0 Å². The Balaban J connectivity index is 2.61. The van der Waals surface area contributed by atoms with Crippen molar-refractivity contribution in [1.82, 2.24) is 4.90 Å². The van der Waals surface area contributed by atoms with Gasteiger partial charge in [-0.3, -0.25) is 9.59 Å². The molecule has 0 aliphatic rings. The average Bonchev–Trinajstić information content (AvgIpc) is 2.35. The van der Waals surface area contributed by atoms with Crippen molar-refractivity contribution in [3.05, 3.63) is 41.5 Å². The van der Waals surface area contributed by atoms with E-state index < -0.39 is 5.97 Å². The largest absolute Gasteiger partial charge is 0.468 e. The first-order valence-electron chi connectivity index (χ1n) is 5.59. The van der Waals surface area contributed by atoms with Crippen LogP contribution in [0.3, 0.4) is 0 Å². The standard InChI is InChI=1S/C14H17NO3/c1-11-5-4-6-12(9-11)7-8-13(16)15(2)10-14(17)18-3/h4-9H,10H2,1-3H3. The fourth-order valence-electron chi connectivity index (χ4n) is 1.40. The zero-order valence-electron chi connectivity index (χ0n) is 10.8. The monoisotopic (exact) mass is 247 g/mol. The van der Waals surface area contributed by atoms with E-state index in [0.29, 0.717) is 0 Å². The van der Waals surface area contributed by atoms with Crippen LogP contribution in [0.25, 0.3) is 6.08 Å². The van der Waals surface area contributed by atoms with Gasteiger partial charge in [0.15, 0.2) is 0 Å². The van der Waals surface area contributed by atoms with E-state index in [4.69, 9.17) is 0 Å². The predicted molar refractivity (Wildman–Crippen MR) is 69.9 cm³/mol. The van der Waals surface area contributed by atoms with Gasteiger partial charge in [-0.1, -0.05) is 29.8 Å². The molecule has 0 radical (unpaired) electrons. The number of hydrogen-bond acceptors (Lipinski definition) is 3. The predicted octanol–water partition coefficient (Wildman–Crippen LogP) is 1.64. The maximum Gasteiger partial charge on any atom is 0.325 e. The second kappa shape index (κ2) is 6.59. The minimum atomic E-state index is -0.435. The van der Waals surface area contributed by atoms with Gasteiger partial charge in [-0.2, -0.15) is 0 Å². The molecule has 0 bridgehead atoms. The molecule has 0 N–H and O–H groups in total. The number of carbonyl (C=O) groups is 2. The number of carbonyl (C=O) groups excluding carboxylic acids is 2. The molecule has 1 rings (SSSR count). The van der Waals surface area contributed by atoms with Gasteiger partial charge in [-0.15, -0.1) is 0 Å². The molecule has 4 nitrogen and oxygen atoms in total. The molecule has 1 aromatic rings. The molecule has 4 heteroatoms. The summed E-state index contributed by atoms with van der Waals surface area (Å²) in [6.45, 7) is 1.94. The highest BCUT2D eigenvalue weighted by Gasteiger charge is 2.09. The van der Waals surface area contributed by atoms with E-state index in [-0.39, 0.29) is 12.5 Å². The van der Waals surface area contributed by atoms with Crippen molar-refractivity contribution in [3.8, 4) is 0 Å². The van der Waals surface area contributed by atoms with Crippen molar-refractivity contribution in [2.45, 2.75) is 6.92 Å². The van der Waals surface area contributed by atoms with Crippen LogP contribution in [0.5, 0.6) is 0 Å². The average molecular weight is 247 g/mol. The van der Waals surface area contributed by atoms with E-state index in [0.717, 1.165) is 11.1 Å². The second-order valence-corrected chi connectivity index (χ2v) is 4.02. The Kier molecular flexibility index (Phi) is 5.11. The van der Waals surface area contributed by atoms with E-state index in [9.17, 15) is 9.59 Å². The number of hydrogen-bond donors (Lipinski definition) is 0. The van der Waals surface area contributed by atoms with Crippen LogP contribution in [-0.2, 0) is 14.3 Å². The highest BCUT2D eigenvalue weighted by Crippen LogP contribution is 2.06. The molecule has 1 amide bonds. The van der Waals surface area contributed by atoms with Crippen LogP contribution >= 0.6 is 0 Å². The van der Waals surface area contributed by atoms with Crippen molar-refractivity contribution < 1.29 is 14.3 Å². The lowest BCUT2D eigenvalue weighted by atomic mass is 10.1. The van der Waals surface area contributed by atoms with Crippen molar-refractivity contribution in [1.29, 1.82) is 0 Å². The molecule has 0 atom stereocenters. The molecule has 0 unspecified atom stereocenters. The first kappa shape index (κ1) is 14.0. The van der Waals surface area contributed by atoms with E-state index in [1.807, 2.05) is 31.2 Å². The van der Waals surface area contributed by atoms with Gasteiger partial charge < -0.3 is 9.64 Å². The number of benzene rings is 1. The van der Waals surface area contributed by atoms with Crippen LogP contribution in [0.4, 0.5) is 0 Å². The van der Waals surface area contributed by atoms with Gasteiger partial charge in [0.05, 0.1) is 7.11 Å². The normalized spacial score (nSPS) is 10.4. The van der Waals surface area contributed by atoms with Gasteiger partial charge in [0.1, 0.15) is 6.54 Å². The van der Waals surface area contributed by atoms with E-state index in [1.54, 1.807) is 13.1 Å². The fraction of sp³-hybridized carbons (Fsp3) is 0.286.